The first-order valence-corrected chi connectivity index (χ1v) is 7.75. The highest BCUT2D eigenvalue weighted by Crippen LogP contribution is 2.24. The van der Waals surface area contributed by atoms with Gasteiger partial charge in [-0.1, -0.05) is 18.2 Å². The summed E-state index contributed by atoms with van der Waals surface area (Å²) < 4.78 is 2.05. The number of aromatic nitrogens is 1. The molecule has 0 aliphatic carbocycles. The average Bonchev–Trinajstić information content (AvgIpc) is 3.13. The molecule has 5 heteroatoms. The van der Waals surface area contributed by atoms with Gasteiger partial charge in [0, 0.05) is 30.2 Å². The van der Waals surface area contributed by atoms with Crippen molar-refractivity contribution >= 4 is 11.9 Å². The lowest BCUT2D eigenvalue weighted by molar-refractivity contribution is -0.141. The first-order valence-electron chi connectivity index (χ1n) is 7.75. The number of carboxylic acid groups (broad SMARTS) is 1. The van der Waals surface area contributed by atoms with Crippen molar-refractivity contribution in [3.05, 3.63) is 53.3 Å². The van der Waals surface area contributed by atoms with E-state index in [1.54, 1.807) is 4.90 Å². The summed E-state index contributed by atoms with van der Waals surface area (Å²) in [6.45, 7) is 4.70. The van der Waals surface area contributed by atoms with Gasteiger partial charge in [-0.2, -0.15) is 0 Å². The molecule has 0 bridgehead atoms. The van der Waals surface area contributed by atoms with Crippen molar-refractivity contribution in [2.45, 2.75) is 20.3 Å². The first-order chi connectivity index (χ1) is 11.0. The SMILES string of the molecule is Cc1cc(C(=O)N2CCC(C(=O)O)C2)c(C)n1-c1ccccc1. The van der Waals surface area contributed by atoms with Gasteiger partial charge in [-0.15, -0.1) is 0 Å². The third kappa shape index (κ3) is 2.74. The number of hydrogen-bond donors (Lipinski definition) is 1. The zero-order valence-corrected chi connectivity index (χ0v) is 13.3. The fourth-order valence-electron chi connectivity index (χ4n) is 3.27. The number of aryl methyl sites for hydroxylation is 1. The highest BCUT2D eigenvalue weighted by atomic mass is 16.4. The van der Waals surface area contributed by atoms with Crippen LogP contribution in [0.15, 0.2) is 36.4 Å². The molecule has 120 valence electrons. The Kier molecular flexibility index (Phi) is 3.94. The molecule has 1 amide bonds. The monoisotopic (exact) mass is 312 g/mol. The molecular formula is C18H20N2O3. The summed E-state index contributed by atoms with van der Waals surface area (Å²) in [5, 5.41) is 9.09. The molecule has 3 rings (SSSR count). The second-order valence-electron chi connectivity index (χ2n) is 6.03. The van der Waals surface area contributed by atoms with Gasteiger partial charge in [0.2, 0.25) is 0 Å². The van der Waals surface area contributed by atoms with Crippen LogP contribution < -0.4 is 0 Å². The quantitative estimate of drug-likeness (QED) is 0.947. The Morgan fingerprint density at radius 3 is 2.48 bits per heavy atom. The zero-order valence-electron chi connectivity index (χ0n) is 13.3. The van der Waals surface area contributed by atoms with Crippen LogP contribution >= 0.6 is 0 Å². The summed E-state index contributed by atoms with van der Waals surface area (Å²) in [6.07, 6.45) is 0.526. The number of aliphatic carboxylic acids is 1. The predicted octanol–water partition coefficient (Wildman–Crippen LogP) is 2.64. The van der Waals surface area contributed by atoms with Crippen molar-refractivity contribution in [2.24, 2.45) is 5.92 Å². The number of carboxylic acids is 1. The number of benzene rings is 1. The maximum absolute atomic E-state index is 12.8. The average molecular weight is 312 g/mol. The van der Waals surface area contributed by atoms with Crippen molar-refractivity contribution in [2.75, 3.05) is 13.1 Å². The van der Waals surface area contributed by atoms with Crippen LogP contribution in [0.2, 0.25) is 0 Å². The normalized spacial score (nSPS) is 17.5. The highest BCUT2D eigenvalue weighted by Gasteiger charge is 2.32. The van der Waals surface area contributed by atoms with Crippen LogP contribution in [0.5, 0.6) is 0 Å². The highest BCUT2D eigenvalue weighted by molar-refractivity contribution is 5.96. The van der Waals surface area contributed by atoms with Crippen molar-refractivity contribution in [3.8, 4) is 5.69 Å². The van der Waals surface area contributed by atoms with Crippen molar-refractivity contribution < 1.29 is 14.7 Å². The lowest BCUT2D eigenvalue weighted by Crippen LogP contribution is -2.30. The fourth-order valence-corrected chi connectivity index (χ4v) is 3.27. The zero-order chi connectivity index (χ0) is 16.6. The Bertz CT molecular complexity index is 749. The second-order valence-corrected chi connectivity index (χ2v) is 6.03. The second kappa shape index (κ2) is 5.91. The van der Waals surface area contributed by atoms with Gasteiger partial charge in [0.1, 0.15) is 0 Å². The summed E-state index contributed by atoms with van der Waals surface area (Å²) in [5.74, 6) is -1.35. The standard InChI is InChI=1S/C18H20N2O3/c1-12-10-16(13(2)20(12)15-6-4-3-5-7-15)17(21)19-9-8-14(11-19)18(22)23/h3-7,10,14H,8-9,11H2,1-2H3,(H,22,23). The van der Waals surface area contributed by atoms with E-state index in [9.17, 15) is 9.59 Å². The minimum atomic E-state index is -0.824. The number of likely N-dealkylation sites (tertiary alicyclic amines) is 1. The molecule has 0 radical (unpaired) electrons. The smallest absolute Gasteiger partial charge is 0.308 e. The van der Waals surface area contributed by atoms with Gasteiger partial charge in [-0.05, 0) is 38.5 Å². The first kappa shape index (κ1) is 15.3. The lowest BCUT2D eigenvalue weighted by atomic mass is 10.1. The molecule has 1 aliphatic rings. The molecule has 1 N–H and O–H groups in total. The molecule has 0 spiro atoms. The van der Waals surface area contributed by atoms with Crippen LogP contribution in [0.1, 0.15) is 28.2 Å². The van der Waals surface area contributed by atoms with Crippen LogP contribution in [0.3, 0.4) is 0 Å². The lowest BCUT2D eigenvalue weighted by Gasteiger charge is -2.16. The number of hydrogen-bond acceptors (Lipinski definition) is 2. The number of para-hydroxylation sites is 1. The van der Waals surface area contributed by atoms with Gasteiger partial charge < -0.3 is 14.6 Å². The Morgan fingerprint density at radius 2 is 1.87 bits per heavy atom. The number of rotatable bonds is 3. The van der Waals surface area contributed by atoms with E-state index >= 15 is 0 Å². The number of amides is 1. The Labute approximate surface area is 135 Å². The number of carbonyl (C=O) groups excluding carboxylic acids is 1. The van der Waals surface area contributed by atoms with Crippen molar-refractivity contribution in [1.29, 1.82) is 0 Å². The minimum Gasteiger partial charge on any atom is -0.481 e. The van der Waals surface area contributed by atoms with Gasteiger partial charge in [0.15, 0.2) is 0 Å². The summed E-state index contributed by atoms with van der Waals surface area (Å²) in [4.78, 5) is 25.5. The van der Waals surface area contributed by atoms with E-state index in [0.29, 0.717) is 25.1 Å². The molecule has 2 heterocycles. The molecule has 1 atom stereocenters. The van der Waals surface area contributed by atoms with E-state index in [1.807, 2.05) is 50.2 Å². The minimum absolute atomic E-state index is 0.0796. The largest absolute Gasteiger partial charge is 0.481 e. The van der Waals surface area contributed by atoms with E-state index in [0.717, 1.165) is 17.1 Å². The fraction of sp³-hybridized carbons (Fsp3) is 0.333. The predicted molar refractivity (Wildman–Crippen MR) is 86.9 cm³/mol. The Morgan fingerprint density at radius 1 is 1.17 bits per heavy atom. The summed E-state index contributed by atoms with van der Waals surface area (Å²) >= 11 is 0. The molecule has 1 aromatic carbocycles. The molecule has 1 fully saturated rings. The van der Waals surface area contributed by atoms with E-state index < -0.39 is 11.9 Å². The summed E-state index contributed by atoms with van der Waals surface area (Å²) in [6, 6.07) is 11.8. The van der Waals surface area contributed by atoms with Crippen LogP contribution in [0, 0.1) is 19.8 Å². The molecular weight excluding hydrogens is 292 g/mol. The van der Waals surface area contributed by atoms with Crippen LogP contribution in [-0.4, -0.2) is 39.5 Å². The maximum atomic E-state index is 12.8. The Hall–Kier alpha value is -2.56. The van der Waals surface area contributed by atoms with Crippen molar-refractivity contribution in [3.63, 3.8) is 0 Å². The van der Waals surface area contributed by atoms with Gasteiger partial charge in [0.05, 0.1) is 11.5 Å². The van der Waals surface area contributed by atoms with E-state index in [1.165, 1.54) is 0 Å². The third-order valence-corrected chi connectivity index (χ3v) is 4.50. The van der Waals surface area contributed by atoms with Crippen LogP contribution in [0.4, 0.5) is 0 Å². The molecule has 1 aromatic heterocycles. The molecule has 1 aliphatic heterocycles. The molecule has 23 heavy (non-hydrogen) atoms. The van der Waals surface area contributed by atoms with Crippen LogP contribution in [0.25, 0.3) is 5.69 Å². The molecule has 1 saturated heterocycles. The third-order valence-electron chi connectivity index (χ3n) is 4.50. The molecule has 5 nitrogen and oxygen atoms in total. The molecule has 1 unspecified atom stereocenters. The summed E-state index contributed by atoms with van der Waals surface area (Å²) in [5.41, 5.74) is 3.55. The van der Waals surface area contributed by atoms with Gasteiger partial charge in [-0.25, -0.2) is 0 Å². The van der Waals surface area contributed by atoms with Gasteiger partial charge >= 0.3 is 5.97 Å². The van der Waals surface area contributed by atoms with E-state index in [-0.39, 0.29) is 5.91 Å². The van der Waals surface area contributed by atoms with Gasteiger partial charge in [0.25, 0.3) is 5.91 Å². The topological polar surface area (TPSA) is 62.5 Å². The van der Waals surface area contributed by atoms with Crippen LogP contribution in [-0.2, 0) is 4.79 Å². The number of nitrogens with zero attached hydrogens (tertiary/aromatic N) is 2. The summed E-state index contributed by atoms with van der Waals surface area (Å²) in [7, 11) is 0. The molecule has 2 aromatic rings. The maximum Gasteiger partial charge on any atom is 0.308 e. The van der Waals surface area contributed by atoms with Gasteiger partial charge in [-0.3, -0.25) is 9.59 Å². The number of carbonyl (C=O) groups is 2. The Balaban J connectivity index is 1.90. The van der Waals surface area contributed by atoms with Crippen molar-refractivity contribution in [1.82, 2.24) is 9.47 Å². The van der Waals surface area contributed by atoms with E-state index in [2.05, 4.69) is 4.57 Å². The van der Waals surface area contributed by atoms with E-state index in [4.69, 9.17) is 5.11 Å². The molecule has 0 saturated carbocycles.